The Morgan fingerprint density at radius 1 is 1.25 bits per heavy atom. The highest BCUT2D eigenvalue weighted by Crippen LogP contribution is 2.19. The third-order valence-corrected chi connectivity index (χ3v) is 2.40. The molecule has 0 radical (unpaired) electrons. The maximum Gasteiger partial charge on any atom is 0.277 e. The maximum absolute atomic E-state index is 11.6. The molecule has 1 fully saturated rings. The van der Waals surface area contributed by atoms with Crippen molar-refractivity contribution in [3.63, 3.8) is 0 Å². The number of hydrogen-bond acceptors (Lipinski definition) is 5. The van der Waals surface area contributed by atoms with Gasteiger partial charge in [0.05, 0.1) is 13.0 Å². The quantitative estimate of drug-likeness (QED) is 0.445. The lowest BCUT2D eigenvalue weighted by atomic mass is 10.3. The summed E-state index contributed by atoms with van der Waals surface area (Å²) in [7, 11) is 0. The van der Waals surface area contributed by atoms with E-state index >= 15 is 0 Å². The molecule has 7 nitrogen and oxygen atoms in total. The minimum absolute atomic E-state index is 0.0169. The first-order chi connectivity index (χ1) is 7.49. The highest BCUT2D eigenvalue weighted by atomic mass is 32.1. The zero-order valence-electron chi connectivity index (χ0n) is 8.07. The monoisotopic (exact) mass is 240 g/mol. The van der Waals surface area contributed by atoms with Crippen LogP contribution in [0.2, 0.25) is 0 Å². The third-order valence-electron chi connectivity index (χ3n) is 2.20. The van der Waals surface area contributed by atoms with Crippen molar-refractivity contribution in [2.24, 2.45) is 0 Å². The second kappa shape index (κ2) is 3.56. The van der Waals surface area contributed by atoms with Gasteiger partial charge in [-0.1, -0.05) is 0 Å². The van der Waals surface area contributed by atoms with Crippen molar-refractivity contribution in [3.8, 4) is 0 Å². The fraction of sp³-hybridized carbons (Fsp3) is 0.250. The zero-order chi connectivity index (χ0) is 11.9. The molecule has 1 amide bonds. The van der Waals surface area contributed by atoms with Gasteiger partial charge in [0, 0.05) is 0 Å². The Labute approximate surface area is 94.3 Å². The molecule has 1 aromatic heterocycles. The molecule has 0 bridgehead atoms. The van der Waals surface area contributed by atoms with E-state index < -0.39 is 11.5 Å². The summed E-state index contributed by atoms with van der Waals surface area (Å²) in [5, 5.41) is 0. The standard InChI is InChI=1S/C8H8N4O3S/c9-6-5(7(15)11-8(16)10-6)12-2-3(13)1-4(12)14/h1-2H2,(H4,9,10,11,15,16). The molecular formula is C8H8N4O3S. The van der Waals surface area contributed by atoms with Crippen LogP contribution in [0.25, 0.3) is 0 Å². The first kappa shape index (κ1) is 10.6. The molecule has 16 heavy (non-hydrogen) atoms. The number of nitrogens with one attached hydrogen (secondary N) is 2. The van der Waals surface area contributed by atoms with Crippen LogP contribution in [0.1, 0.15) is 6.42 Å². The second-order valence-corrected chi connectivity index (χ2v) is 3.77. The number of ketones is 1. The Morgan fingerprint density at radius 2 is 1.94 bits per heavy atom. The summed E-state index contributed by atoms with van der Waals surface area (Å²) < 4.78 is 0.0734. The highest BCUT2D eigenvalue weighted by Gasteiger charge is 2.31. The summed E-state index contributed by atoms with van der Waals surface area (Å²) in [6.45, 7) is -0.128. The minimum atomic E-state index is -0.579. The molecule has 84 valence electrons. The van der Waals surface area contributed by atoms with Crippen molar-refractivity contribution in [3.05, 3.63) is 15.1 Å². The number of H-pyrrole nitrogens is 2. The lowest BCUT2D eigenvalue weighted by Crippen LogP contribution is -2.32. The molecule has 1 saturated heterocycles. The molecule has 0 atom stereocenters. The van der Waals surface area contributed by atoms with Crippen molar-refractivity contribution < 1.29 is 9.59 Å². The SMILES string of the molecule is Nc1[nH]c(=S)[nH]c(=O)c1N1CC(=O)CC1=O. The molecule has 1 aliphatic rings. The van der Waals surface area contributed by atoms with E-state index in [0.29, 0.717) is 0 Å². The maximum atomic E-state index is 11.6. The molecule has 2 heterocycles. The Hall–Kier alpha value is -1.96. The van der Waals surface area contributed by atoms with Crippen LogP contribution >= 0.6 is 12.2 Å². The van der Waals surface area contributed by atoms with Gasteiger partial charge in [0.2, 0.25) is 5.91 Å². The van der Waals surface area contributed by atoms with E-state index in [9.17, 15) is 14.4 Å². The van der Waals surface area contributed by atoms with Gasteiger partial charge in [-0.2, -0.15) is 0 Å². The van der Waals surface area contributed by atoms with Crippen LogP contribution in [0.3, 0.4) is 0 Å². The van der Waals surface area contributed by atoms with Crippen LogP contribution in [0, 0.1) is 4.77 Å². The van der Waals surface area contributed by atoms with Gasteiger partial charge in [0.1, 0.15) is 5.82 Å². The second-order valence-electron chi connectivity index (χ2n) is 3.37. The minimum Gasteiger partial charge on any atom is -0.383 e. The van der Waals surface area contributed by atoms with Gasteiger partial charge in [0.25, 0.3) is 5.56 Å². The van der Waals surface area contributed by atoms with Crippen LogP contribution in [-0.4, -0.2) is 28.2 Å². The molecule has 0 unspecified atom stereocenters. The number of amides is 1. The molecule has 0 aromatic carbocycles. The van der Waals surface area contributed by atoms with E-state index in [0.717, 1.165) is 4.90 Å². The molecule has 0 spiro atoms. The number of nitrogen functional groups attached to an aromatic ring is 1. The molecule has 2 rings (SSSR count). The van der Waals surface area contributed by atoms with Crippen LogP contribution in [-0.2, 0) is 9.59 Å². The summed E-state index contributed by atoms with van der Waals surface area (Å²) >= 11 is 4.71. The average molecular weight is 240 g/mol. The summed E-state index contributed by atoms with van der Waals surface area (Å²) in [4.78, 5) is 40.0. The van der Waals surface area contributed by atoms with Crippen molar-refractivity contribution in [2.45, 2.75) is 6.42 Å². The van der Waals surface area contributed by atoms with Crippen LogP contribution in [0.5, 0.6) is 0 Å². The van der Waals surface area contributed by atoms with Gasteiger partial charge >= 0.3 is 0 Å². The summed E-state index contributed by atoms with van der Waals surface area (Å²) in [5.41, 5.74) is 4.93. The van der Waals surface area contributed by atoms with E-state index in [2.05, 4.69) is 9.97 Å². The molecule has 0 saturated carbocycles. The number of hydrogen-bond donors (Lipinski definition) is 3. The number of anilines is 2. The lowest BCUT2D eigenvalue weighted by molar-refractivity contribution is -0.121. The van der Waals surface area contributed by atoms with Gasteiger partial charge in [-0.25, -0.2) is 0 Å². The number of aromatic amines is 2. The number of carbonyl (C=O) groups excluding carboxylic acids is 2. The van der Waals surface area contributed by atoms with E-state index in [-0.39, 0.29) is 35.0 Å². The first-order valence-electron chi connectivity index (χ1n) is 4.43. The van der Waals surface area contributed by atoms with Crippen LogP contribution < -0.4 is 16.2 Å². The molecule has 8 heteroatoms. The van der Waals surface area contributed by atoms with Gasteiger partial charge in [-0.15, -0.1) is 0 Å². The third kappa shape index (κ3) is 1.63. The number of nitrogens with zero attached hydrogens (tertiary/aromatic N) is 1. The summed E-state index contributed by atoms with van der Waals surface area (Å²) in [6.07, 6.45) is -0.200. The number of carbonyl (C=O) groups is 2. The first-order valence-corrected chi connectivity index (χ1v) is 4.84. The largest absolute Gasteiger partial charge is 0.383 e. The van der Waals surface area contributed by atoms with E-state index in [1.165, 1.54) is 0 Å². The van der Waals surface area contributed by atoms with Crippen molar-refractivity contribution >= 4 is 35.4 Å². The number of nitrogens with two attached hydrogens (primary N) is 1. The molecule has 0 aliphatic carbocycles. The Kier molecular flexibility index (Phi) is 2.35. The molecular weight excluding hydrogens is 232 g/mol. The van der Waals surface area contributed by atoms with Gasteiger partial charge in [-0.3, -0.25) is 24.3 Å². The zero-order valence-corrected chi connectivity index (χ0v) is 8.89. The smallest absolute Gasteiger partial charge is 0.277 e. The van der Waals surface area contributed by atoms with E-state index in [1.807, 2.05) is 0 Å². The van der Waals surface area contributed by atoms with Gasteiger partial charge in [0.15, 0.2) is 16.2 Å². The topological polar surface area (TPSA) is 112 Å². The summed E-state index contributed by atoms with van der Waals surface area (Å²) in [6, 6.07) is 0. The van der Waals surface area contributed by atoms with E-state index in [1.54, 1.807) is 0 Å². The highest BCUT2D eigenvalue weighted by molar-refractivity contribution is 7.71. The Bertz CT molecular complexity index is 588. The van der Waals surface area contributed by atoms with Gasteiger partial charge in [-0.05, 0) is 12.2 Å². The van der Waals surface area contributed by atoms with Crippen LogP contribution in [0.15, 0.2) is 4.79 Å². The van der Waals surface area contributed by atoms with E-state index in [4.69, 9.17) is 18.0 Å². The Morgan fingerprint density at radius 3 is 2.44 bits per heavy atom. The average Bonchev–Trinajstić information content (AvgIpc) is 2.43. The summed E-state index contributed by atoms with van der Waals surface area (Å²) in [5.74, 6) is -0.698. The fourth-order valence-corrected chi connectivity index (χ4v) is 1.76. The number of Topliss-reactive ketones (excluding diaryl/α,β-unsaturated/α-hetero) is 1. The predicted octanol–water partition coefficient (Wildman–Crippen LogP) is -0.680. The number of rotatable bonds is 1. The number of aromatic nitrogens is 2. The molecule has 1 aliphatic heterocycles. The molecule has 1 aromatic rings. The van der Waals surface area contributed by atoms with Crippen molar-refractivity contribution in [1.29, 1.82) is 0 Å². The van der Waals surface area contributed by atoms with Crippen LogP contribution in [0.4, 0.5) is 11.5 Å². The van der Waals surface area contributed by atoms with Gasteiger partial charge < -0.3 is 10.7 Å². The normalized spacial score (nSPS) is 15.9. The lowest BCUT2D eigenvalue weighted by Gasteiger charge is -2.14. The molecule has 4 N–H and O–H groups in total. The predicted molar refractivity (Wildman–Crippen MR) is 58.6 cm³/mol. The van der Waals surface area contributed by atoms with Crippen molar-refractivity contribution in [2.75, 3.05) is 17.2 Å². The van der Waals surface area contributed by atoms with Crippen molar-refractivity contribution in [1.82, 2.24) is 9.97 Å². The Balaban J connectivity index is 2.57. The fourth-order valence-electron chi connectivity index (χ4n) is 1.55.